The number of rotatable bonds is 9. The number of hydrogen-bond donors (Lipinski definition) is 2. The lowest BCUT2D eigenvalue weighted by atomic mass is 9.80. The predicted octanol–water partition coefficient (Wildman–Crippen LogP) is 4.52. The van der Waals surface area contributed by atoms with E-state index >= 15 is 0 Å². The Balaban J connectivity index is 1.98. The highest BCUT2D eigenvalue weighted by atomic mass is 35.5. The van der Waals surface area contributed by atoms with Gasteiger partial charge in [0.1, 0.15) is 6.61 Å². The van der Waals surface area contributed by atoms with Gasteiger partial charge < -0.3 is 24.6 Å². The number of ether oxygens (including phenoxy) is 3. The highest BCUT2D eigenvalue weighted by Gasteiger charge is 2.40. The monoisotopic (exact) mass is 483 g/mol. The van der Waals surface area contributed by atoms with Gasteiger partial charge in [-0.2, -0.15) is 0 Å². The molecule has 34 heavy (non-hydrogen) atoms. The van der Waals surface area contributed by atoms with E-state index in [0.29, 0.717) is 16.3 Å². The Morgan fingerprint density at radius 3 is 2.41 bits per heavy atom. The van der Waals surface area contributed by atoms with Crippen LogP contribution in [0.15, 0.2) is 83.2 Å². The highest BCUT2D eigenvalue weighted by Crippen LogP contribution is 2.40. The van der Waals surface area contributed by atoms with Gasteiger partial charge in [-0.05, 0) is 36.3 Å². The van der Waals surface area contributed by atoms with Crippen molar-refractivity contribution in [3.8, 4) is 0 Å². The van der Waals surface area contributed by atoms with Crippen LogP contribution >= 0.6 is 11.6 Å². The molecule has 8 heteroatoms. The number of carbonyl (C=O) groups is 2. The number of benzene rings is 2. The van der Waals surface area contributed by atoms with Crippen molar-refractivity contribution in [2.24, 2.45) is 0 Å². The zero-order chi connectivity index (χ0) is 24.7. The smallest absolute Gasteiger partial charge is 0.337 e. The van der Waals surface area contributed by atoms with Gasteiger partial charge in [0.25, 0.3) is 0 Å². The third-order valence-electron chi connectivity index (χ3n) is 5.31. The van der Waals surface area contributed by atoms with E-state index in [1.165, 1.54) is 14.2 Å². The van der Waals surface area contributed by atoms with Crippen LogP contribution in [0.2, 0.25) is 5.02 Å². The average molecular weight is 484 g/mol. The summed E-state index contributed by atoms with van der Waals surface area (Å²) in [7, 11) is 2.80. The van der Waals surface area contributed by atoms with Crippen LogP contribution in [-0.4, -0.2) is 44.2 Å². The number of aliphatic carboxylic acids is 1. The topological polar surface area (TPSA) is 94.1 Å². The maximum absolute atomic E-state index is 13.2. The van der Waals surface area contributed by atoms with Gasteiger partial charge in [-0.25, -0.2) is 9.59 Å². The van der Waals surface area contributed by atoms with E-state index in [-0.39, 0.29) is 23.5 Å². The van der Waals surface area contributed by atoms with Crippen molar-refractivity contribution in [2.45, 2.75) is 19.1 Å². The lowest BCUT2D eigenvalue weighted by Crippen LogP contribution is -2.38. The first-order chi connectivity index (χ1) is 16.4. The molecule has 0 spiro atoms. The maximum atomic E-state index is 13.2. The Hall–Kier alpha value is -3.39. The molecule has 0 fully saturated rings. The standard InChI is InChI=1S/C26H26ClNO6/c1-16-20(25(31)34-14-8-11-17-9-5-4-6-10-17)21(18-12-7-13-19(27)15-18)22(24(29)30)23(28-16)26(32-2)33-3/h4-13,15,21,26,28H,14H2,1-3H3,(H,29,30)/b11-8+. The number of methoxy groups -OCH3 is 2. The van der Waals surface area contributed by atoms with Crippen LogP contribution in [0.25, 0.3) is 6.08 Å². The minimum atomic E-state index is -1.23. The summed E-state index contributed by atoms with van der Waals surface area (Å²) < 4.78 is 16.1. The first-order valence-corrected chi connectivity index (χ1v) is 10.9. The normalized spacial score (nSPS) is 16.2. The molecule has 1 aliphatic rings. The van der Waals surface area contributed by atoms with E-state index in [1.807, 2.05) is 36.4 Å². The predicted molar refractivity (Wildman–Crippen MR) is 129 cm³/mol. The molecule has 0 aliphatic carbocycles. The number of dihydropyridines is 1. The molecule has 0 saturated carbocycles. The van der Waals surface area contributed by atoms with Crippen molar-refractivity contribution in [3.63, 3.8) is 0 Å². The average Bonchev–Trinajstić information content (AvgIpc) is 2.82. The third-order valence-corrected chi connectivity index (χ3v) is 5.55. The quantitative estimate of drug-likeness (QED) is 0.400. The number of allylic oxidation sites excluding steroid dienone is 1. The molecule has 1 aliphatic heterocycles. The molecule has 0 bridgehead atoms. The molecule has 178 valence electrons. The summed E-state index contributed by atoms with van der Waals surface area (Å²) in [6.45, 7) is 1.69. The molecule has 1 unspecified atom stereocenters. The Morgan fingerprint density at radius 1 is 1.09 bits per heavy atom. The van der Waals surface area contributed by atoms with Crippen LogP contribution in [0.3, 0.4) is 0 Å². The molecule has 0 saturated heterocycles. The first kappa shape index (κ1) is 25.2. The largest absolute Gasteiger partial charge is 0.478 e. The SMILES string of the molecule is COC(OC)C1=C(C(=O)O)C(c2cccc(Cl)c2)C(C(=O)OC/C=C/c2ccccc2)=C(C)N1. The molecule has 3 rings (SSSR count). The van der Waals surface area contributed by atoms with E-state index in [2.05, 4.69) is 5.32 Å². The first-order valence-electron chi connectivity index (χ1n) is 10.5. The molecule has 0 amide bonds. The number of halogens is 1. The zero-order valence-corrected chi connectivity index (χ0v) is 19.8. The minimum Gasteiger partial charge on any atom is -0.478 e. The van der Waals surface area contributed by atoms with Crippen LogP contribution < -0.4 is 5.32 Å². The number of carbonyl (C=O) groups excluding carboxylic acids is 1. The Bertz CT molecular complexity index is 1130. The van der Waals surface area contributed by atoms with E-state index < -0.39 is 24.1 Å². The number of hydrogen-bond acceptors (Lipinski definition) is 6. The Kier molecular flexibility index (Phi) is 8.65. The molecule has 7 nitrogen and oxygen atoms in total. The van der Waals surface area contributed by atoms with Crippen LogP contribution in [0.5, 0.6) is 0 Å². The maximum Gasteiger partial charge on any atom is 0.337 e. The molecule has 0 aromatic heterocycles. The van der Waals surface area contributed by atoms with Gasteiger partial charge in [0.05, 0.1) is 22.8 Å². The van der Waals surface area contributed by atoms with Crippen molar-refractivity contribution in [1.82, 2.24) is 5.32 Å². The van der Waals surface area contributed by atoms with Gasteiger partial charge in [-0.1, -0.05) is 60.1 Å². The van der Waals surface area contributed by atoms with E-state index in [9.17, 15) is 14.7 Å². The second-order valence-electron chi connectivity index (χ2n) is 7.50. The summed E-state index contributed by atoms with van der Waals surface area (Å²) in [4.78, 5) is 25.6. The summed E-state index contributed by atoms with van der Waals surface area (Å²) in [6.07, 6.45) is 2.58. The molecule has 1 heterocycles. The fourth-order valence-corrected chi connectivity index (χ4v) is 4.05. The minimum absolute atomic E-state index is 0.0184. The van der Waals surface area contributed by atoms with Crippen molar-refractivity contribution in [1.29, 1.82) is 0 Å². The molecule has 2 aromatic carbocycles. The van der Waals surface area contributed by atoms with Crippen molar-refractivity contribution >= 4 is 29.6 Å². The number of carboxylic acids is 1. The summed E-state index contributed by atoms with van der Waals surface area (Å²) in [5.74, 6) is -2.82. The molecular weight excluding hydrogens is 458 g/mol. The molecule has 1 atom stereocenters. The lowest BCUT2D eigenvalue weighted by molar-refractivity contribution is -0.138. The zero-order valence-electron chi connectivity index (χ0n) is 19.1. The van der Waals surface area contributed by atoms with Crippen LogP contribution in [0.4, 0.5) is 0 Å². The van der Waals surface area contributed by atoms with Crippen LogP contribution in [0.1, 0.15) is 24.0 Å². The van der Waals surface area contributed by atoms with Gasteiger partial charge in [-0.15, -0.1) is 0 Å². The van der Waals surface area contributed by atoms with Crippen LogP contribution in [-0.2, 0) is 23.8 Å². The Morgan fingerprint density at radius 2 is 1.79 bits per heavy atom. The number of esters is 1. The van der Waals surface area contributed by atoms with Gasteiger partial charge in [0.2, 0.25) is 0 Å². The van der Waals surface area contributed by atoms with Gasteiger partial charge >= 0.3 is 11.9 Å². The molecule has 2 aromatic rings. The third kappa shape index (κ3) is 5.75. The lowest BCUT2D eigenvalue weighted by Gasteiger charge is -2.33. The molecule has 2 N–H and O–H groups in total. The van der Waals surface area contributed by atoms with Gasteiger partial charge in [-0.3, -0.25) is 0 Å². The highest BCUT2D eigenvalue weighted by molar-refractivity contribution is 6.30. The fraction of sp³-hybridized carbons (Fsp3) is 0.231. The van der Waals surface area contributed by atoms with E-state index in [1.54, 1.807) is 37.3 Å². The summed E-state index contributed by atoms with van der Waals surface area (Å²) in [5, 5.41) is 13.5. The second-order valence-corrected chi connectivity index (χ2v) is 7.94. The fourth-order valence-electron chi connectivity index (χ4n) is 3.85. The number of nitrogens with one attached hydrogen (secondary N) is 1. The summed E-state index contributed by atoms with van der Waals surface area (Å²) in [5.41, 5.74) is 2.20. The molecular formula is C26H26ClNO6. The van der Waals surface area contributed by atoms with Crippen molar-refractivity contribution in [3.05, 3.63) is 99.4 Å². The van der Waals surface area contributed by atoms with Gasteiger partial charge in [0, 0.05) is 24.9 Å². The number of carboxylic acid groups (broad SMARTS) is 1. The Labute approximate surface area is 203 Å². The van der Waals surface area contributed by atoms with Crippen molar-refractivity contribution in [2.75, 3.05) is 20.8 Å². The van der Waals surface area contributed by atoms with Gasteiger partial charge in [0.15, 0.2) is 6.29 Å². The summed E-state index contributed by atoms with van der Waals surface area (Å²) >= 11 is 6.20. The van der Waals surface area contributed by atoms with E-state index in [0.717, 1.165) is 5.56 Å². The molecule has 0 radical (unpaired) electrons. The van der Waals surface area contributed by atoms with Crippen molar-refractivity contribution < 1.29 is 28.9 Å². The van der Waals surface area contributed by atoms with E-state index in [4.69, 9.17) is 25.8 Å². The summed E-state index contributed by atoms with van der Waals surface area (Å²) in [6, 6.07) is 16.3. The second kappa shape index (κ2) is 11.7. The van der Waals surface area contributed by atoms with Crippen LogP contribution in [0, 0.1) is 0 Å².